The lowest BCUT2D eigenvalue weighted by atomic mass is 10.0. The summed E-state index contributed by atoms with van der Waals surface area (Å²) in [7, 11) is 1.31. The molecule has 0 spiro atoms. The molecule has 214 valence electrons. The van der Waals surface area contributed by atoms with Crippen molar-refractivity contribution in [3.63, 3.8) is 0 Å². The van der Waals surface area contributed by atoms with Crippen LogP contribution in [0.15, 0.2) is 60.7 Å². The van der Waals surface area contributed by atoms with E-state index in [0.29, 0.717) is 18.7 Å². The average Bonchev–Trinajstić information content (AvgIpc) is 3.20. The van der Waals surface area contributed by atoms with Crippen LogP contribution in [0.5, 0.6) is 0 Å². The van der Waals surface area contributed by atoms with Gasteiger partial charge in [0, 0.05) is 30.9 Å². The van der Waals surface area contributed by atoms with E-state index in [1.54, 1.807) is 56.0 Å². The first-order valence-corrected chi connectivity index (χ1v) is 13.5. The summed E-state index contributed by atoms with van der Waals surface area (Å²) in [6, 6.07) is 16.9. The Kier molecular flexibility index (Phi) is 10.9. The highest BCUT2D eigenvalue weighted by Crippen LogP contribution is 2.28. The molecule has 0 unspecified atom stereocenters. The summed E-state index contributed by atoms with van der Waals surface area (Å²) < 4.78 is 10.0. The number of amides is 3. The Balaban J connectivity index is 1.53. The lowest BCUT2D eigenvalue weighted by molar-refractivity contribution is -0.144. The second-order valence-corrected chi connectivity index (χ2v) is 10.8. The van der Waals surface area contributed by atoms with Gasteiger partial charge in [0.1, 0.15) is 5.60 Å². The zero-order valence-corrected chi connectivity index (χ0v) is 23.6. The molecule has 9 nitrogen and oxygen atoms in total. The van der Waals surface area contributed by atoms with Crippen LogP contribution < -0.4 is 10.6 Å². The Hall–Kier alpha value is -4.14. The first-order valence-electron chi connectivity index (χ1n) is 13.5. The van der Waals surface area contributed by atoms with E-state index in [2.05, 4.69) is 22.8 Å². The average molecular weight is 550 g/mol. The fourth-order valence-corrected chi connectivity index (χ4v) is 4.56. The fourth-order valence-electron chi connectivity index (χ4n) is 4.56. The Labute approximate surface area is 235 Å². The Morgan fingerprint density at radius 1 is 1.05 bits per heavy atom. The van der Waals surface area contributed by atoms with Crippen molar-refractivity contribution in [2.75, 3.05) is 25.5 Å². The minimum absolute atomic E-state index is 0.0354. The molecule has 3 amide bonds. The third kappa shape index (κ3) is 9.87. The summed E-state index contributed by atoms with van der Waals surface area (Å²) in [5, 5.41) is 5.56. The Morgan fingerprint density at radius 3 is 2.40 bits per heavy atom. The van der Waals surface area contributed by atoms with E-state index in [4.69, 9.17) is 9.47 Å². The van der Waals surface area contributed by atoms with Gasteiger partial charge in [-0.05, 0) is 69.4 Å². The van der Waals surface area contributed by atoms with Gasteiger partial charge in [-0.15, -0.1) is 0 Å². The second kappa shape index (κ2) is 14.3. The first-order chi connectivity index (χ1) is 19.0. The maximum Gasteiger partial charge on any atom is 0.412 e. The van der Waals surface area contributed by atoms with Gasteiger partial charge in [-0.2, -0.15) is 0 Å². The maximum absolute atomic E-state index is 13.1. The van der Waals surface area contributed by atoms with Crippen LogP contribution in [0.4, 0.5) is 10.5 Å². The fraction of sp³-hybridized carbons (Fsp3) is 0.419. The van der Waals surface area contributed by atoms with E-state index < -0.39 is 23.6 Å². The molecule has 0 radical (unpaired) electrons. The van der Waals surface area contributed by atoms with Crippen molar-refractivity contribution < 1.29 is 28.7 Å². The van der Waals surface area contributed by atoms with Gasteiger partial charge in [-0.3, -0.25) is 19.7 Å². The van der Waals surface area contributed by atoms with E-state index >= 15 is 0 Å². The second-order valence-electron chi connectivity index (χ2n) is 10.8. The highest BCUT2D eigenvalue weighted by molar-refractivity contribution is 5.92. The number of likely N-dealkylation sites (tertiary alicyclic amines) is 1. The van der Waals surface area contributed by atoms with Crippen molar-refractivity contribution in [3.05, 3.63) is 71.8 Å². The molecule has 9 heteroatoms. The van der Waals surface area contributed by atoms with E-state index in [0.717, 1.165) is 18.4 Å². The van der Waals surface area contributed by atoms with Gasteiger partial charge in [-0.25, -0.2) is 4.79 Å². The van der Waals surface area contributed by atoms with Crippen LogP contribution in [-0.2, 0) is 30.3 Å². The molecule has 2 N–H and O–H groups in total. The molecule has 1 heterocycles. The number of nitrogens with one attached hydrogen (secondary N) is 2. The van der Waals surface area contributed by atoms with Gasteiger partial charge in [0.25, 0.3) is 0 Å². The number of nitrogens with zero attached hydrogens (tertiary/aromatic N) is 1. The number of anilines is 1. The maximum atomic E-state index is 13.1. The highest BCUT2D eigenvalue weighted by Gasteiger charge is 2.40. The molecule has 0 bridgehead atoms. The number of benzene rings is 2. The minimum atomic E-state index is -0.590. The molecule has 1 saturated heterocycles. The van der Waals surface area contributed by atoms with Crippen LogP contribution in [0.1, 0.15) is 51.2 Å². The lowest BCUT2D eigenvalue weighted by Crippen LogP contribution is -2.42. The highest BCUT2D eigenvalue weighted by atomic mass is 16.6. The predicted molar refractivity (Wildman–Crippen MR) is 153 cm³/mol. The Bertz CT molecular complexity index is 1190. The van der Waals surface area contributed by atoms with Gasteiger partial charge in [0.05, 0.1) is 19.4 Å². The number of ether oxygens (including phenoxy) is 2. The van der Waals surface area contributed by atoms with Gasteiger partial charge >= 0.3 is 12.1 Å². The number of esters is 1. The molecule has 0 aliphatic carbocycles. The SMILES string of the molecule is COC(=O)C[C@@H]1C[C@@H](CNC(=O)C=Cc2ccc(NC(=O)OC(C)(C)C)cc2)N(CCCc2ccccc2)C1=O. The zero-order chi connectivity index (χ0) is 29.1. The van der Waals surface area contributed by atoms with Crippen LogP contribution in [-0.4, -0.2) is 60.6 Å². The number of rotatable bonds is 11. The summed E-state index contributed by atoms with van der Waals surface area (Å²) >= 11 is 0. The molecule has 1 aliphatic heterocycles. The molecular formula is C31H39N3O6. The van der Waals surface area contributed by atoms with Crippen molar-refractivity contribution in [2.24, 2.45) is 5.92 Å². The molecule has 2 aromatic carbocycles. The predicted octanol–water partition coefficient (Wildman–Crippen LogP) is 4.58. The molecule has 40 heavy (non-hydrogen) atoms. The van der Waals surface area contributed by atoms with Crippen LogP contribution >= 0.6 is 0 Å². The molecule has 0 aromatic heterocycles. The first kappa shape index (κ1) is 30.4. The summed E-state index contributed by atoms with van der Waals surface area (Å²) in [6.45, 7) is 6.21. The molecule has 1 aliphatic rings. The van der Waals surface area contributed by atoms with Crippen LogP contribution in [0, 0.1) is 5.92 Å². The molecule has 2 aromatic rings. The van der Waals surface area contributed by atoms with Gasteiger partial charge < -0.3 is 19.7 Å². The van der Waals surface area contributed by atoms with Gasteiger partial charge in [-0.1, -0.05) is 42.5 Å². The van der Waals surface area contributed by atoms with E-state index in [9.17, 15) is 19.2 Å². The van der Waals surface area contributed by atoms with Crippen molar-refractivity contribution in [1.29, 1.82) is 0 Å². The number of carbonyl (C=O) groups is 4. The lowest BCUT2D eigenvalue weighted by Gasteiger charge is -2.25. The van der Waals surface area contributed by atoms with E-state index in [1.807, 2.05) is 18.2 Å². The third-order valence-electron chi connectivity index (χ3n) is 6.47. The number of hydrogen-bond donors (Lipinski definition) is 2. The Morgan fingerprint density at radius 2 is 1.75 bits per heavy atom. The summed E-state index contributed by atoms with van der Waals surface area (Å²) in [6.07, 6.45) is 4.69. The van der Waals surface area contributed by atoms with Crippen LogP contribution in [0.2, 0.25) is 0 Å². The van der Waals surface area contributed by atoms with E-state index in [1.165, 1.54) is 18.7 Å². The number of hydrogen-bond acceptors (Lipinski definition) is 6. The monoisotopic (exact) mass is 549 g/mol. The van der Waals surface area contributed by atoms with Crippen LogP contribution in [0.25, 0.3) is 6.08 Å². The van der Waals surface area contributed by atoms with E-state index in [-0.39, 0.29) is 30.8 Å². The quantitative estimate of drug-likeness (QED) is 0.313. The van der Waals surface area contributed by atoms with Gasteiger partial charge in [0.2, 0.25) is 11.8 Å². The topological polar surface area (TPSA) is 114 Å². The molecule has 3 rings (SSSR count). The van der Waals surface area contributed by atoms with Crippen molar-refractivity contribution in [2.45, 2.75) is 58.1 Å². The number of methoxy groups -OCH3 is 1. The summed E-state index contributed by atoms with van der Waals surface area (Å²) in [5.74, 6) is -1.23. The summed E-state index contributed by atoms with van der Waals surface area (Å²) in [5.41, 5.74) is 1.97. The largest absolute Gasteiger partial charge is 0.469 e. The third-order valence-corrected chi connectivity index (χ3v) is 6.47. The molecule has 2 atom stereocenters. The van der Waals surface area contributed by atoms with Crippen molar-refractivity contribution >= 4 is 35.6 Å². The molecule has 1 fully saturated rings. The van der Waals surface area contributed by atoms with Gasteiger partial charge in [0.15, 0.2) is 0 Å². The van der Waals surface area contributed by atoms with Crippen molar-refractivity contribution in [3.8, 4) is 0 Å². The summed E-state index contributed by atoms with van der Waals surface area (Å²) in [4.78, 5) is 51.2. The minimum Gasteiger partial charge on any atom is -0.469 e. The standard InChI is InChI=1S/C31H39N3O6/c1-31(2,3)40-30(38)33-25-15-12-23(13-16-25)14-17-27(35)32-21-26-19-24(20-28(36)39-4)29(37)34(26)18-8-11-22-9-6-5-7-10-22/h5-7,9-10,12-17,24,26H,8,11,18-21H2,1-4H3,(H,32,35)(H,33,38)/t24-,26-/m0/s1. The molecule has 0 saturated carbocycles. The smallest absolute Gasteiger partial charge is 0.412 e. The van der Waals surface area contributed by atoms with Crippen molar-refractivity contribution in [1.82, 2.24) is 10.2 Å². The van der Waals surface area contributed by atoms with Crippen LogP contribution in [0.3, 0.4) is 0 Å². The molecular weight excluding hydrogens is 510 g/mol. The zero-order valence-electron chi connectivity index (χ0n) is 23.6. The normalized spacial score (nSPS) is 17.1. The number of carbonyl (C=O) groups excluding carboxylic acids is 4. The number of aryl methyl sites for hydroxylation is 1.